The maximum atomic E-state index is 13.0. The van der Waals surface area contributed by atoms with E-state index in [0.29, 0.717) is 18.0 Å². The van der Waals surface area contributed by atoms with Crippen LogP contribution in [0.15, 0.2) is 54.7 Å². The lowest BCUT2D eigenvalue weighted by molar-refractivity contribution is -0.120. The average molecular weight is 322 g/mol. The highest BCUT2D eigenvalue weighted by molar-refractivity contribution is 6.02. The summed E-state index contributed by atoms with van der Waals surface area (Å²) in [5.74, 6) is 0.613. The number of hydrogen-bond acceptors (Lipinski definition) is 2. The summed E-state index contributed by atoms with van der Waals surface area (Å²) in [5.41, 5.74) is 2.02. The minimum Gasteiger partial charge on any atom is -0.492 e. The maximum absolute atomic E-state index is 13.0. The standard InChI is InChI=1S/C20H22N2O2/c1-4-24-18-12-8-7-11-17(18)22-19(23)20(2,3)15-13-21-16-10-6-5-9-14(15)16/h5-13,21H,4H2,1-3H3,(H,22,23). The molecule has 4 nitrogen and oxygen atoms in total. The molecule has 0 fully saturated rings. The molecule has 2 aromatic carbocycles. The van der Waals surface area contributed by atoms with Crippen LogP contribution in [0.5, 0.6) is 5.75 Å². The number of nitrogens with one attached hydrogen (secondary N) is 2. The minimum atomic E-state index is -0.682. The molecule has 3 aromatic rings. The first kappa shape index (κ1) is 16.1. The number of para-hydroxylation sites is 3. The Balaban J connectivity index is 1.91. The van der Waals surface area contributed by atoms with Crippen LogP contribution >= 0.6 is 0 Å². The number of carbonyl (C=O) groups excluding carboxylic acids is 1. The fraction of sp³-hybridized carbons (Fsp3) is 0.250. The molecule has 1 aromatic heterocycles. The number of aromatic amines is 1. The lowest BCUT2D eigenvalue weighted by atomic mass is 9.83. The number of rotatable bonds is 5. The van der Waals surface area contributed by atoms with Crippen molar-refractivity contribution in [2.24, 2.45) is 0 Å². The highest BCUT2D eigenvalue weighted by atomic mass is 16.5. The second-order valence-corrected chi connectivity index (χ2v) is 6.26. The number of anilines is 1. The van der Waals surface area contributed by atoms with Crippen LogP contribution in [0.1, 0.15) is 26.3 Å². The number of fused-ring (bicyclic) bond motifs is 1. The summed E-state index contributed by atoms with van der Waals surface area (Å²) in [6, 6.07) is 15.5. The van der Waals surface area contributed by atoms with Gasteiger partial charge in [-0.2, -0.15) is 0 Å². The topological polar surface area (TPSA) is 54.1 Å². The monoisotopic (exact) mass is 322 g/mol. The molecule has 124 valence electrons. The third kappa shape index (κ3) is 2.87. The van der Waals surface area contributed by atoms with Crippen molar-refractivity contribution in [3.8, 4) is 5.75 Å². The Hall–Kier alpha value is -2.75. The lowest BCUT2D eigenvalue weighted by Gasteiger charge is -2.24. The Morgan fingerprint density at radius 1 is 1.12 bits per heavy atom. The highest BCUT2D eigenvalue weighted by Crippen LogP contribution is 2.33. The van der Waals surface area contributed by atoms with Crippen molar-refractivity contribution in [3.63, 3.8) is 0 Å². The van der Waals surface area contributed by atoms with E-state index in [9.17, 15) is 4.79 Å². The van der Waals surface area contributed by atoms with Crippen molar-refractivity contribution in [2.45, 2.75) is 26.2 Å². The smallest absolute Gasteiger partial charge is 0.234 e. The normalized spacial score (nSPS) is 11.5. The molecular formula is C20H22N2O2. The van der Waals surface area contributed by atoms with Crippen LogP contribution in [0.2, 0.25) is 0 Å². The molecule has 0 aliphatic heterocycles. The van der Waals surface area contributed by atoms with Gasteiger partial charge in [-0.1, -0.05) is 30.3 Å². The van der Waals surface area contributed by atoms with Crippen LogP contribution in [0.4, 0.5) is 5.69 Å². The number of hydrogen-bond donors (Lipinski definition) is 2. The first-order chi connectivity index (χ1) is 11.5. The fourth-order valence-corrected chi connectivity index (χ4v) is 2.84. The molecule has 24 heavy (non-hydrogen) atoms. The molecule has 0 spiro atoms. The summed E-state index contributed by atoms with van der Waals surface area (Å²) in [4.78, 5) is 16.2. The molecule has 0 unspecified atom stereocenters. The molecule has 0 aliphatic rings. The largest absolute Gasteiger partial charge is 0.492 e. The van der Waals surface area contributed by atoms with Gasteiger partial charge in [0.05, 0.1) is 17.7 Å². The molecule has 4 heteroatoms. The SMILES string of the molecule is CCOc1ccccc1NC(=O)C(C)(C)c1c[nH]c2ccccc12. The van der Waals surface area contributed by atoms with E-state index in [0.717, 1.165) is 16.5 Å². The molecular weight excluding hydrogens is 300 g/mol. The van der Waals surface area contributed by atoms with Gasteiger partial charge in [-0.25, -0.2) is 0 Å². The van der Waals surface area contributed by atoms with E-state index >= 15 is 0 Å². The Bertz CT molecular complexity index is 865. The average Bonchev–Trinajstić information content (AvgIpc) is 3.01. The van der Waals surface area contributed by atoms with Gasteiger partial charge in [-0.05, 0) is 44.5 Å². The zero-order chi connectivity index (χ0) is 17.2. The molecule has 0 bridgehead atoms. The summed E-state index contributed by atoms with van der Waals surface area (Å²) in [7, 11) is 0. The van der Waals surface area contributed by atoms with Gasteiger partial charge in [-0.3, -0.25) is 4.79 Å². The summed E-state index contributed by atoms with van der Waals surface area (Å²) < 4.78 is 5.59. The summed E-state index contributed by atoms with van der Waals surface area (Å²) in [6.07, 6.45) is 1.92. The number of aromatic nitrogens is 1. The van der Waals surface area contributed by atoms with Crippen molar-refractivity contribution in [1.29, 1.82) is 0 Å². The van der Waals surface area contributed by atoms with Gasteiger partial charge in [-0.15, -0.1) is 0 Å². The minimum absolute atomic E-state index is 0.0700. The van der Waals surface area contributed by atoms with Crippen LogP contribution < -0.4 is 10.1 Å². The van der Waals surface area contributed by atoms with Crippen molar-refractivity contribution in [1.82, 2.24) is 4.98 Å². The van der Waals surface area contributed by atoms with Crippen LogP contribution in [0.3, 0.4) is 0 Å². The van der Waals surface area contributed by atoms with E-state index in [-0.39, 0.29) is 5.91 Å². The van der Waals surface area contributed by atoms with Gasteiger partial charge in [0.1, 0.15) is 5.75 Å². The van der Waals surface area contributed by atoms with Crippen LogP contribution in [0.25, 0.3) is 10.9 Å². The van der Waals surface area contributed by atoms with Gasteiger partial charge in [0.2, 0.25) is 5.91 Å². The first-order valence-electron chi connectivity index (χ1n) is 8.14. The van der Waals surface area contributed by atoms with E-state index < -0.39 is 5.41 Å². The molecule has 0 atom stereocenters. The number of amides is 1. The summed E-state index contributed by atoms with van der Waals surface area (Å²) in [6.45, 7) is 6.34. The van der Waals surface area contributed by atoms with E-state index in [1.54, 1.807) is 0 Å². The van der Waals surface area contributed by atoms with Crippen LogP contribution in [-0.2, 0) is 10.2 Å². The second kappa shape index (κ2) is 6.40. The number of H-pyrrole nitrogens is 1. The Morgan fingerprint density at radius 2 is 1.83 bits per heavy atom. The Kier molecular flexibility index (Phi) is 4.30. The molecule has 0 aliphatic carbocycles. The van der Waals surface area contributed by atoms with Crippen LogP contribution in [0, 0.1) is 0 Å². The number of carbonyl (C=O) groups is 1. The van der Waals surface area contributed by atoms with Gasteiger partial charge in [0.25, 0.3) is 0 Å². The zero-order valence-electron chi connectivity index (χ0n) is 14.2. The van der Waals surface area contributed by atoms with E-state index in [4.69, 9.17) is 4.74 Å². The van der Waals surface area contributed by atoms with Gasteiger partial charge < -0.3 is 15.0 Å². The first-order valence-corrected chi connectivity index (χ1v) is 8.14. The van der Waals surface area contributed by atoms with Gasteiger partial charge in [0, 0.05) is 17.1 Å². The number of benzene rings is 2. The van der Waals surface area contributed by atoms with Gasteiger partial charge in [0.15, 0.2) is 0 Å². The Morgan fingerprint density at radius 3 is 2.62 bits per heavy atom. The van der Waals surface area contributed by atoms with Crippen LogP contribution in [-0.4, -0.2) is 17.5 Å². The highest BCUT2D eigenvalue weighted by Gasteiger charge is 2.32. The van der Waals surface area contributed by atoms with Gasteiger partial charge >= 0.3 is 0 Å². The van der Waals surface area contributed by atoms with Crippen molar-refractivity contribution in [3.05, 3.63) is 60.3 Å². The summed E-state index contributed by atoms with van der Waals surface area (Å²) in [5, 5.41) is 4.08. The molecule has 0 saturated heterocycles. The van der Waals surface area contributed by atoms with Crippen molar-refractivity contribution in [2.75, 3.05) is 11.9 Å². The Labute approximate surface area is 141 Å². The lowest BCUT2D eigenvalue weighted by Crippen LogP contribution is -2.34. The predicted octanol–water partition coefficient (Wildman–Crippen LogP) is 4.48. The molecule has 0 saturated carbocycles. The number of ether oxygens (including phenoxy) is 1. The third-order valence-corrected chi connectivity index (χ3v) is 4.27. The van der Waals surface area contributed by atoms with Crippen molar-refractivity contribution < 1.29 is 9.53 Å². The molecule has 2 N–H and O–H groups in total. The summed E-state index contributed by atoms with van der Waals surface area (Å²) >= 11 is 0. The molecule has 1 amide bonds. The molecule has 1 heterocycles. The van der Waals surface area contributed by atoms with E-state index in [2.05, 4.69) is 10.3 Å². The van der Waals surface area contributed by atoms with E-state index in [1.165, 1.54) is 0 Å². The maximum Gasteiger partial charge on any atom is 0.234 e. The quantitative estimate of drug-likeness (QED) is 0.727. The third-order valence-electron chi connectivity index (χ3n) is 4.27. The zero-order valence-corrected chi connectivity index (χ0v) is 14.2. The predicted molar refractivity (Wildman–Crippen MR) is 97.6 cm³/mol. The molecule has 3 rings (SSSR count). The second-order valence-electron chi connectivity index (χ2n) is 6.26. The van der Waals surface area contributed by atoms with E-state index in [1.807, 2.05) is 75.5 Å². The fourth-order valence-electron chi connectivity index (χ4n) is 2.84. The van der Waals surface area contributed by atoms with Crippen molar-refractivity contribution >= 4 is 22.5 Å². The molecule has 0 radical (unpaired) electrons.